The molecule has 2 aliphatic rings. The molecule has 0 amide bonds. The number of halogens is 1. The van der Waals surface area contributed by atoms with Crippen molar-refractivity contribution in [2.75, 3.05) is 18.8 Å². The second kappa shape index (κ2) is 4.76. The molecular formula is C13H13ClN2S2. The first-order chi connectivity index (χ1) is 8.42. The van der Waals surface area contributed by atoms with Crippen LogP contribution in [0.2, 0.25) is 0 Å². The molecule has 1 fully saturated rings. The van der Waals surface area contributed by atoms with Crippen molar-refractivity contribution in [2.24, 2.45) is 4.99 Å². The van der Waals surface area contributed by atoms with Gasteiger partial charge in [0, 0.05) is 23.5 Å². The third-order valence-electron chi connectivity index (χ3n) is 3.39. The number of hydrogen-bond donors (Lipinski definition) is 0. The average molecular weight is 297 g/mol. The molecule has 1 aromatic carbocycles. The van der Waals surface area contributed by atoms with E-state index in [4.69, 9.17) is 4.99 Å². The summed E-state index contributed by atoms with van der Waals surface area (Å²) in [5.74, 6) is 1.20. The number of amidine groups is 1. The number of rotatable bonds is 1. The molecule has 0 N–H and O–H groups in total. The first-order valence-electron chi connectivity index (χ1n) is 5.83. The van der Waals surface area contributed by atoms with Crippen LogP contribution >= 0.6 is 35.5 Å². The molecule has 2 aliphatic heterocycles. The van der Waals surface area contributed by atoms with Crippen molar-refractivity contribution in [3.05, 3.63) is 35.2 Å². The van der Waals surface area contributed by atoms with Crippen molar-refractivity contribution in [3.8, 4) is 0 Å². The monoisotopic (exact) mass is 296 g/mol. The van der Waals surface area contributed by atoms with Crippen LogP contribution in [0.5, 0.6) is 0 Å². The second-order valence-electron chi connectivity index (χ2n) is 4.41. The number of hydrogen-bond acceptors (Lipinski definition) is 4. The highest BCUT2D eigenvalue weighted by atomic mass is 35.5. The Balaban J connectivity index is 0.000001000. The van der Waals surface area contributed by atoms with E-state index in [9.17, 15) is 0 Å². The van der Waals surface area contributed by atoms with E-state index < -0.39 is 0 Å². The predicted molar refractivity (Wildman–Crippen MR) is 83.3 cm³/mol. The summed E-state index contributed by atoms with van der Waals surface area (Å²) in [7, 11) is 0. The molecule has 0 spiro atoms. The number of thioether (sulfide) groups is 1. The maximum absolute atomic E-state index is 4.85. The number of nitrogens with zero attached hydrogens (tertiary/aromatic N) is 2. The summed E-state index contributed by atoms with van der Waals surface area (Å²) in [5, 5.41) is 4.93. The van der Waals surface area contributed by atoms with Gasteiger partial charge in [0.05, 0.1) is 6.04 Å². The maximum Gasteiger partial charge on any atom is 0.160 e. The first-order valence-corrected chi connectivity index (χ1v) is 7.70. The average Bonchev–Trinajstić information content (AvgIpc) is 3.01. The van der Waals surface area contributed by atoms with Gasteiger partial charge in [-0.25, -0.2) is 0 Å². The Morgan fingerprint density at radius 3 is 3.06 bits per heavy atom. The minimum absolute atomic E-state index is 0. The van der Waals surface area contributed by atoms with Crippen LogP contribution in [0.15, 0.2) is 34.6 Å². The molecule has 5 heteroatoms. The number of fused-ring (bicyclic) bond motifs is 2. The highest BCUT2D eigenvalue weighted by Gasteiger charge is 2.31. The molecule has 3 heterocycles. The van der Waals surface area contributed by atoms with Crippen LogP contribution in [0, 0.1) is 0 Å². The van der Waals surface area contributed by atoms with Gasteiger partial charge >= 0.3 is 0 Å². The van der Waals surface area contributed by atoms with Crippen LogP contribution in [0.1, 0.15) is 11.6 Å². The lowest BCUT2D eigenvalue weighted by Gasteiger charge is -2.12. The van der Waals surface area contributed by atoms with E-state index in [1.54, 1.807) is 0 Å². The van der Waals surface area contributed by atoms with Crippen molar-refractivity contribution >= 4 is 50.8 Å². The van der Waals surface area contributed by atoms with Gasteiger partial charge in [0.25, 0.3) is 0 Å². The standard InChI is InChI=1S/C13H12N2S2.ClH/c1-2-4-12-9(3-1)10(8-17-12)11-7-15-5-6-16-13(15)14-11;/h1-4,8,11H,5-7H2;1H. The predicted octanol–water partition coefficient (Wildman–Crippen LogP) is 3.78. The Bertz CT molecular complexity index is 608. The van der Waals surface area contributed by atoms with Gasteiger partial charge in [0.1, 0.15) is 0 Å². The van der Waals surface area contributed by atoms with Gasteiger partial charge in [-0.15, -0.1) is 23.7 Å². The van der Waals surface area contributed by atoms with Gasteiger partial charge < -0.3 is 4.90 Å². The van der Waals surface area contributed by atoms with Crippen molar-refractivity contribution in [3.63, 3.8) is 0 Å². The van der Waals surface area contributed by atoms with E-state index in [0.717, 1.165) is 6.54 Å². The van der Waals surface area contributed by atoms with Crippen molar-refractivity contribution < 1.29 is 0 Å². The Hall–Kier alpha value is -0.710. The molecule has 0 aliphatic carbocycles. The molecule has 2 aromatic rings. The van der Waals surface area contributed by atoms with Gasteiger partial charge in [-0.05, 0) is 22.4 Å². The van der Waals surface area contributed by atoms with E-state index in [2.05, 4.69) is 34.5 Å². The van der Waals surface area contributed by atoms with Gasteiger partial charge in [-0.1, -0.05) is 30.0 Å². The van der Waals surface area contributed by atoms with Crippen molar-refractivity contribution in [2.45, 2.75) is 6.04 Å². The van der Waals surface area contributed by atoms with Gasteiger partial charge in [-0.2, -0.15) is 0 Å². The molecule has 0 bridgehead atoms. The highest BCUT2D eigenvalue weighted by molar-refractivity contribution is 8.14. The molecule has 1 unspecified atom stereocenters. The summed E-state index contributed by atoms with van der Waals surface area (Å²) in [5.41, 5.74) is 1.41. The summed E-state index contributed by atoms with van der Waals surface area (Å²) in [4.78, 5) is 7.27. The Kier molecular flexibility index (Phi) is 3.26. The minimum Gasteiger partial charge on any atom is -0.348 e. The van der Waals surface area contributed by atoms with E-state index in [-0.39, 0.29) is 12.4 Å². The number of aliphatic imine (C=N–C) groups is 1. The summed E-state index contributed by atoms with van der Waals surface area (Å²) >= 11 is 3.73. The van der Waals surface area contributed by atoms with Crippen LogP contribution in [-0.2, 0) is 0 Å². The molecule has 2 nitrogen and oxygen atoms in total. The largest absolute Gasteiger partial charge is 0.348 e. The third-order valence-corrected chi connectivity index (χ3v) is 5.38. The summed E-state index contributed by atoms with van der Waals surface area (Å²) in [6, 6.07) is 9.00. The molecular weight excluding hydrogens is 284 g/mol. The van der Waals surface area contributed by atoms with Gasteiger partial charge in [0.2, 0.25) is 0 Å². The zero-order valence-corrected chi connectivity index (χ0v) is 12.2. The Morgan fingerprint density at radius 2 is 2.17 bits per heavy atom. The molecule has 1 aromatic heterocycles. The third kappa shape index (κ3) is 1.83. The molecule has 1 saturated heterocycles. The molecule has 4 rings (SSSR count). The first kappa shape index (κ1) is 12.3. The van der Waals surface area contributed by atoms with Crippen molar-refractivity contribution in [1.29, 1.82) is 0 Å². The lowest BCUT2D eigenvalue weighted by molar-refractivity contribution is 0.465. The van der Waals surface area contributed by atoms with E-state index in [1.165, 1.54) is 33.1 Å². The molecule has 1 atom stereocenters. The maximum atomic E-state index is 4.85. The molecule has 18 heavy (non-hydrogen) atoms. The fourth-order valence-corrected chi connectivity index (χ4v) is 4.58. The lowest BCUT2D eigenvalue weighted by atomic mass is 10.1. The second-order valence-corrected chi connectivity index (χ2v) is 6.38. The molecule has 0 radical (unpaired) electrons. The lowest BCUT2D eigenvalue weighted by Crippen LogP contribution is -2.21. The smallest absolute Gasteiger partial charge is 0.160 e. The number of thiophene rings is 1. The van der Waals surface area contributed by atoms with Crippen LogP contribution in [0.4, 0.5) is 0 Å². The van der Waals surface area contributed by atoms with E-state index >= 15 is 0 Å². The highest BCUT2D eigenvalue weighted by Crippen LogP contribution is 2.37. The zero-order valence-electron chi connectivity index (χ0n) is 9.70. The number of benzene rings is 1. The Labute approximate surface area is 120 Å². The fraction of sp³-hybridized carbons (Fsp3) is 0.308. The SMILES string of the molecule is Cl.c1ccc2c(C3CN4CCSC4=N3)csc2c1. The normalized spacial score (nSPS) is 21.9. The summed E-state index contributed by atoms with van der Waals surface area (Å²) in [6.45, 7) is 2.24. The quantitative estimate of drug-likeness (QED) is 0.796. The van der Waals surface area contributed by atoms with Crippen LogP contribution in [0.3, 0.4) is 0 Å². The van der Waals surface area contributed by atoms with Gasteiger partial charge in [0.15, 0.2) is 5.17 Å². The van der Waals surface area contributed by atoms with Crippen molar-refractivity contribution in [1.82, 2.24) is 4.90 Å². The van der Waals surface area contributed by atoms with Crippen LogP contribution < -0.4 is 0 Å². The van der Waals surface area contributed by atoms with Crippen LogP contribution in [-0.4, -0.2) is 28.9 Å². The zero-order chi connectivity index (χ0) is 11.2. The fourth-order valence-electron chi connectivity index (χ4n) is 2.53. The summed E-state index contributed by atoms with van der Waals surface area (Å²) in [6.07, 6.45) is 0. The van der Waals surface area contributed by atoms with E-state index in [0.29, 0.717) is 6.04 Å². The minimum atomic E-state index is 0. The van der Waals surface area contributed by atoms with Crippen LogP contribution in [0.25, 0.3) is 10.1 Å². The topological polar surface area (TPSA) is 15.6 Å². The molecule has 0 saturated carbocycles. The summed E-state index contributed by atoms with van der Waals surface area (Å²) < 4.78 is 1.38. The van der Waals surface area contributed by atoms with Gasteiger partial charge in [-0.3, -0.25) is 4.99 Å². The van der Waals surface area contributed by atoms with E-state index in [1.807, 2.05) is 23.1 Å². The molecule has 94 valence electrons. The Morgan fingerprint density at radius 1 is 1.28 bits per heavy atom.